The molecule has 0 radical (unpaired) electrons. The summed E-state index contributed by atoms with van der Waals surface area (Å²) in [6, 6.07) is 2.44. The molecule has 4 nitrogen and oxygen atoms in total. The molecule has 1 spiro atoms. The van der Waals surface area contributed by atoms with Crippen LogP contribution >= 0.6 is 0 Å². The Hall–Kier alpha value is -1.52. The number of benzene rings is 1. The normalized spacial score (nSPS) is 35.3. The Labute approximate surface area is 137 Å². The number of aliphatic hydroxyl groups is 1. The lowest BCUT2D eigenvalue weighted by Gasteiger charge is -2.35. The summed E-state index contributed by atoms with van der Waals surface area (Å²) >= 11 is 0. The number of nitrogens with zero attached hydrogens (tertiary/aromatic N) is 1. The van der Waals surface area contributed by atoms with Crippen molar-refractivity contribution in [2.24, 2.45) is 0 Å². The van der Waals surface area contributed by atoms with Gasteiger partial charge in [0.25, 0.3) is 0 Å². The van der Waals surface area contributed by atoms with Crippen LogP contribution in [0.4, 0.5) is 0 Å². The lowest BCUT2D eigenvalue weighted by Crippen LogP contribution is -2.42. The van der Waals surface area contributed by atoms with Crippen LogP contribution in [0, 0.1) is 6.92 Å². The van der Waals surface area contributed by atoms with E-state index in [1.165, 1.54) is 16.7 Å². The van der Waals surface area contributed by atoms with Crippen LogP contribution < -0.4 is 9.47 Å². The standard InChI is InChI=1S/C19H25NO3/c1-11-9-14(22-4)18-17-16(11)12(2)20(3)8-7-19(17)6-5-13(21)10-15(19)23-18/h5-6,9,12-13,15,21H,7-8,10H2,1-4H3/t12?,13-,15-,19-/m0/s1. The quantitative estimate of drug-likeness (QED) is 0.809. The van der Waals surface area contributed by atoms with Gasteiger partial charge in [-0.3, -0.25) is 4.90 Å². The van der Waals surface area contributed by atoms with Crippen LogP contribution in [0.25, 0.3) is 0 Å². The number of aryl methyl sites for hydroxylation is 1. The molecule has 1 unspecified atom stereocenters. The highest BCUT2D eigenvalue weighted by molar-refractivity contribution is 5.64. The molecule has 1 aromatic carbocycles. The monoisotopic (exact) mass is 315 g/mol. The number of aliphatic hydroxyl groups excluding tert-OH is 1. The SMILES string of the molecule is COc1cc(C)c2c3c1O[C@H]1C[C@@H](O)C=C[C@@]31CCN(C)C2C. The fourth-order valence-electron chi connectivity index (χ4n) is 4.63. The highest BCUT2D eigenvalue weighted by atomic mass is 16.5. The molecule has 4 atom stereocenters. The van der Waals surface area contributed by atoms with Gasteiger partial charge in [0.2, 0.25) is 0 Å². The molecule has 4 heteroatoms. The highest BCUT2D eigenvalue weighted by Gasteiger charge is 2.53. The van der Waals surface area contributed by atoms with Crippen LogP contribution in [0.2, 0.25) is 0 Å². The smallest absolute Gasteiger partial charge is 0.166 e. The number of methoxy groups -OCH3 is 1. The third-order valence-electron chi connectivity index (χ3n) is 6.04. The second-order valence-corrected chi connectivity index (χ2v) is 7.23. The molecule has 4 rings (SSSR count). The van der Waals surface area contributed by atoms with E-state index < -0.39 is 6.10 Å². The predicted octanol–water partition coefficient (Wildman–Crippen LogP) is 2.72. The first-order chi connectivity index (χ1) is 11.0. The van der Waals surface area contributed by atoms with Crippen LogP contribution in [0.1, 0.15) is 42.5 Å². The lowest BCUT2D eigenvalue weighted by atomic mass is 9.68. The summed E-state index contributed by atoms with van der Waals surface area (Å²) < 4.78 is 12.0. The summed E-state index contributed by atoms with van der Waals surface area (Å²) in [5, 5.41) is 10.1. The van der Waals surface area contributed by atoms with Gasteiger partial charge in [0.1, 0.15) is 6.10 Å². The second-order valence-electron chi connectivity index (χ2n) is 7.23. The van der Waals surface area contributed by atoms with E-state index in [4.69, 9.17) is 9.47 Å². The number of rotatable bonds is 1. The molecular formula is C19H25NO3. The molecule has 1 N–H and O–H groups in total. The molecule has 0 bridgehead atoms. The Morgan fingerprint density at radius 1 is 1.43 bits per heavy atom. The minimum absolute atomic E-state index is 0.00866. The molecule has 1 aromatic rings. The Morgan fingerprint density at radius 2 is 2.22 bits per heavy atom. The summed E-state index contributed by atoms with van der Waals surface area (Å²) in [5.74, 6) is 1.70. The first-order valence-corrected chi connectivity index (χ1v) is 8.44. The average molecular weight is 315 g/mol. The maximum Gasteiger partial charge on any atom is 0.166 e. The van der Waals surface area contributed by atoms with Gasteiger partial charge in [0.05, 0.1) is 18.6 Å². The van der Waals surface area contributed by atoms with E-state index >= 15 is 0 Å². The molecule has 1 aliphatic carbocycles. The number of ether oxygens (including phenoxy) is 2. The van der Waals surface area contributed by atoms with Crippen molar-refractivity contribution in [2.45, 2.75) is 50.4 Å². The maximum absolute atomic E-state index is 10.1. The van der Waals surface area contributed by atoms with Crippen molar-refractivity contribution >= 4 is 0 Å². The van der Waals surface area contributed by atoms with E-state index in [0.717, 1.165) is 24.5 Å². The summed E-state index contributed by atoms with van der Waals surface area (Å²) in [4.78, 5) is 2.41. The zero-order chi connectivity index (χ0) is 16.4. The minimum atomic E-state index is -0.422. The van der Waals surface area contributed by atoms with Crippen molar-refractivity contribution in [2.75, 3.05) is 20.7 Å². The van der Waals surface area contributed by atoms with E-state index in [1.54, 1.807) is 7.11 Å². The fourth-order valence-corrected chi connectivity index (χ4v) is 4.63. The third-order valence-corrected chi connectivity index (χ3v) is 6.04. The first-order valence-electron chi connectivity index (χ1n) is 8.44. The molecule has 0 saturated carbocycles. The van der Waals surface area contributed by atoms with Crippen molar-refractivity contribution in [3.8, 4) is 11.5 Å². The first kappa shape index (κ1) is 15.0. The molecule has 124 valence electrons. The summed E-state index contributed by atoms with van der Waals surface area (Å²) in [6.45, 7) is 5.44. The maximum atomic E-state index is 10.1. The Kier molecular flexibility index (Phi) is 3.26. The zero-order valence-corrected chi connectivity index (χ0v) is 14.3. The summed E-state index contributed by atoms with van der Waals surface area (Å²) in [5.41, 5.74) is 3.77. The van der Waals surface area contributed by atoms with Crippen LogP contribution in [0.15, 0.2) is 18.2 Å². The van der Waals surface area contributed by atoms with Gasteiger partial charge in [-0.25, -0.2) is 0 Å². The van der Waals surface area contributed by atoms with Crippen LogP contribution in [0.3, 0.4) is 0 Å². The molecule has 0 fully saturated rings. The van der Waals surface area contributed by atoms with Crippen molar-refractivity contribution in [1.29, 1.82) is 0 Å². The van der Waals surface area contributed by atoms with Crippen LogP contribution in [0.5, 0.6) is 11.5 Å². The Bertz CT molecular complexity index is 684. The van der Waals surface area contributed by atoms with E-state index in [9.17, 15) is 5.11 Å². The molecule has 2 aliphatic heterocycles. The fraction of sp³-hybridized carbons (Fsp3) is 0.579. The Balaban J connectivity index is 2.03. The van der Waals surface area contributed by atoms with Crippen LogP contribution in [-0.4, -0.2) is 42.9 Å². The van der Waals surface area contributed by atoms with E-state index in [-0.39, 0.29) is 11.5 Å². The van der Waals surface area contributed by atoms with Crippen molar-refractivity contribution in [3.05, 3.63) is 34.9 Å². The van der Waals surface area contributed by atoms with E-state index in [0.29, 0.717) is 12.5 Å². The third kappa shape index (κ3) is 1.91. The Morgan fingerprint density at radius 3 is 2.96 bits per heavy atom. The van der Waals surface area contributed by atoms with Gasteiger partial charge in [-0.2, -0.15) is 0 Å². The van der Waals surface area contributed by atoms with Crippen molar-refractivity contribution in [3.63, 3.8) is 0 Å². The predicted molar refractivity (Wildman–Crippen MR) is 89.3 cm³/mol. The lowest BCUT2D eigenvalue weighted by molar-refractivity contribution is 0.0813. The average Bonchev–Trinajstić information content (AvgIpc) is 2.80. The molecule has 23 heavy (non-hydrogen) atoms. The molecule has 0 saturated heterocycles. The van der Waals surface area contributed by atoms with E-state index in [2.05, 4.69) is 37.9 Å². The number of hydrogen-bond donors (Lipinski definition) is 1. The van der Waals surface area contributed by atoms with Gasteiger partial charge in [-0.15, -0.1) is 0 Å². The zero-order valence-electron chi connectivity index (χ0n) is 14.3. The molecule has 3 aliphatic rings. The molecule has 0 aromatic heterocycles. The molecular weight excluding hydrogens is 290 g/mol. The van der Waals surface area contributed by atoms with Gasteiger partial charge in [-0.05, 0) is 51.1 Å². The topological polar surface area (TPSA) is 41.9 Å². The van der Waals surface area contributed by atoms with Gasteiger partial charge in [0.15, 0.2) is 11.5 Å². The van der Waals surface area contributed by atoms with Gasteiger partial charge in [0, 0.05) is 18.0 Å². The van der Waals surface area contributed by atoms with Crippen LogP contribution in [-0.2, 0) is 5.41 Å². The summed E-state index contributed by atoms with van der Waals surface area (Å²) in [6.07, 6.45) is 5.37. The largest absolute Gasteiger partial charge is 0.493 e. The molecule has 0 amide bonds. The van der Waals surface area contributed by atoms with E-state index in [1.807, 2.05) is 6.08 Å². The van der Waals surface area contributed by atoms with Gasteiger partial charge >= 0.3 is 0 Å². The number of hydrogen-bond acceptors (Lipinski definition) is 4. The minimum Gasteiger partial charge on any atom is -0.493 e. The van der Waals surface area contributed by atoms with Gasteiger partial charge < -0.3 is 14.6 Å². The summed E-state index contributed by atoms with van der Waals surface area (Å²) in [7, 11) is 3.89. The van der Waals surface area contributed by atoms with Crippen molar-refractivity contribution in [1.82, 2.24) is 4.90 Å². The second kappa shape index (κ2) is 4.99. The highest BCUT2D eigenvalue weighted by Crippen LogP contribution is 2.57. The molecule has 2 heterocycles. The van der Waals surface area contributed by atoms with Crippen molar-refractivity contribution < 1.29 is 14.6 Å². The van der Waals surface area contributed by atoms with Gasteiger partial charge in [-0.1, -0.05) is 12.2 Å².